The number of aliphatic hydroxyl groups is 1. The molecule has 1 saturated carbocycles. The van der Waals surface area contributed by atoms with Gasteiger partial charge in [-0.2, -0.15) is 0 Å². The number of carbonyl (C=O) groups excluding carboxylic acids is 1. The van der Waals surface area contributed by atoms with Gasteiger partial charge in [-0.3, -0.25) is 4.79 Å². The highest BCUT2D eigenvalue weighted by atomic mass is 16.5. The van der Waals surface area contributed by atoms with Crippen LogP contribution in [0.15, 0.2) is 24.3 Å². The van der Waals surface area contributed by atoms with Crippen LogP contribution >= 0.6 is 0 Å². The van der Waals surface area contributed by atoms with Crippen molar-refractivity contribution >= 4 is 5.97 Å². The molecule has 2 unspecified atom stereocenters. The van der Waals surface area contributed by atoms with Crippen molar-refractivity contribution in [1.29, 1.82) is 0 Å². The SMILES string of the molecule is CC(=O)O[C@@H]1C=C[C@H](O)C2C1[C@H]1C=C[C@@H]2C1. The number of rotatable bonds is 1. The zero-order chi connectivity index (χ0) is 11.3. The summed E-state index contributed by atoms with van der Waals surface area (Å²) in [5, 5.41) is 9.99. The molecule has 0 aliphatic heterocycles. The van der Waals surface area contributed by atoms with Crippen molar-refractivity contribution in [2.75, 3.05) is 0 Å². The Morgan fingerprint density at radius 1 is 1.19 bits per heavy atom. The number of aliphatic hydroxyl groups excluding tert-OH is 1. The van der Waals surface area contributed by atoms with Crippen molar-refractivity contribution in [3.8, 4) is 0 Å². The van der Waals surface area contributed by atoms with Crippen molar-refractivity contribution in [1.82, 2.24) is 0 Å². The Morgan fingerprint density at radius 3 is 2.56 bits per heavy atom. The molecule has 3 rings (SSSR count). The number of esters is 1. The highest BCUT2D eigenvalue weighted by molar-refractivity contribution is 5.66. The molecule has 2 bridgehead atoms. The number of carbonyl (C=O) groups is 1. The fourth-order valence-corrected chi connectivity index (χ4v) is 3.63. The fourth-order valence-electron chi connectivity index (χ4n) is 3.63. The number of allylic oxidation sites excluding steroid dienone is 2. The second-order valence-electron chi connectivity index (χ2n) is 5.05. The predicted molar refractivity (Wildman–Crippen MR) is 58.4 cm³/mol. The van der Waals surface area contributed by atoms with E-state index in [1.807, 2.05) is 6.08 Å². The van der Waals surface area contributed by atoms with Crippen LogP contribution in [0.1, 0.15) is 13.3 Å². The lowest BCUT2D eigenvalue weighted by Gasteiger charge is -2.37. The van der Waals surface area contributed by atoms with Crippen LogP contribution in [0.5, 0.6) is 0 Å². The monoisotopic (exact) mass is 220 g/mol. The molecule has 3 aliphatic rings. The van der Waals surface area contributed by atoms with E-state index in [-0.39, 0.29) is 30.0 Å². The molecule has 1 fully saturated rings. The molecule has 16 heavy (non-hydrogen) atoms. The molecule has 6 atom stereocenters. The smallest absolute Gasteiger partial charge is 0.303 e. The van der Waals surface area contributed by atoms with Crippen LogP contribution in [0, 0.1) is 23.7 Å². The van der Waals surface area contributed by atoms with Gasteiger partial charge in [0.2, 0.25) is 0 Å². The Bertz CT molecular complexity index is 371. The van der Waals surface area contributed by atoms with E-state index in [0.717, 1.165) is 6.42 Å². The van der Waals surface area contributed by atoms with E-state index >= 15 is 0 Å². The Balaban J connectivity index is 1.89. The van der Waals surface area contributed by atoms with Crippen molar-refractivity contribution < 1.29 is 14.6 Å². The summed E-state index contributed by atoms with van der Waals surface area (Å²) in [6.07, 6.45) is 8.63. The van der Waals surface area contributed by atoms with Crippen LogP contribution in [0.25, 0.3) is 0 Å². The molecule has 0 radical (unpaired) electrons. The van der Waals surface area contributed by atoms with Gasteiger partial charge in [0.15, 0.2) is 0 Å². The van der Waals surface area contributed by atoms with Crippen molar-refractivity contribution in [3.05, 3.63) is 24.3 Å². The predicted octanol–water partition coefficient (Wildman–Crippen LogP) is 1.29. The maximum atomic E-state index is 11.1. The van der Waals surface area contributed by atoms with E-state index in [9.17, 15) is 9.90 Å². The van der Waals surface area contributed by atoms with Gasteiger partial charge in [-0.1, -0.05) is 18.2 Å². The maximum Gasteiger partial charge on any atom is 0.303 e. The standard InChI is InChI=1S/C13H16O3/c1-7(14)16-11-5-4-10(15)12-8-2-3-9(6-8)13(11)12/h2-5,8-13,15H,6H2,1H3/t8-,9+,10+,11-,12?,13?/m1/s1. The number of fused-ring (bicyclic) bond motifs is 5. The first kappa shape index (κ1) is 10.1. The Hall–Kier alpha value is -1.09. The summed E-state index contributed by atoms with van der Waals surface area (Å²) < 4.78 is 5.34. The molecule has 0 aromatic rings. The highest BCUT2D eigenvalue weighted by Gasteiger charge is 2.52. The zero-order valence-corrected chi connectivity index (χ0v) is 9.24. The second-order valence-corrected chi connectivity index (χ2v) is 5.05. The zero-order valence-electron chi connectivity index (χ0n) is 9.24. The van der Waals surface area contributed by atoms with E-state index < -0.39 is 0 Å². The van der Waals surface area contributed by atoms with Gasteiger partial charge in [0.25, 0.3) is 0 Å². The van der Waals surface area contributed by atoms with E-state index in [1.165, 1.54) is 6.92 Å². The Morgan fingerprint density at radius 2 is 1.88 bits per heavy atom. The van der Waals surface area contributed by atoms with Crippen LogP contribution in [-0.2, 0) is 9.53 Å². The molecule has 0 aromatic carbocycles. The van der Waals surface area contributed by atoms with E-state index in [2.05, 4.69) is 12.2 Å². The minimum atomic E-state index is -0.378. The van der Waals surface area contributed by atoms with Gasteiger partial charge in [0, 0.05) is 18.8 Å². The summed E-state index contributed by atoms with van der Waals surface area (Å²) >= 11 is 0. The van der Waals surface area contributed by atoms with Crippen LogP contribution in [-0.4, -0.2) is 23.3 Å². The first-order valence-corrected chi connectivity index (χ1v) is 5.89. The fraction of sp³-hybridized carbons (Fsp3) is 0.615. The average Bonchev–Trinajstić information content (AvgIpc) is 2.82. The summed E-state index contributed by atoms with van der Waals surface area (Å²) in [5.74, 6) is 1.21. The van der Waals surface area contributed by atoms with Gasteiger partial charge in [-0.05, 0) is 24.3 Å². The lowest BCUT2D eigenvalue weighted by molar-refractivity contribution is -0.149. The van der Waals surface area contributed by atoms with E-state index in [4.69, 9.17) is 4.74 Å². The maximum absolute atomic E-state index is 11.1. The molecular formula is C13H16O3. The molecular weight excluding hydrogens is 204 g/mol. The van der Waals surface area contributed by atoms with Crippen LogP contribution in [0.2, 0.25) is 0 Å². The van der Waals surface area contributed by atoms with Gasteiger partial charge < -0.3 is 9.84 Å². The lowest BCUT2D eigenvalue weighted by Crippen LogP contribution is -2.41. The Labute approximate surface area is 94.8 Å². The van der Waals surface area contributed by atoms with Gasteiger partial charge in [-0.15, -0.1) is 0 Å². The molecule has 0 amide bonds. The molecule has 3 nitrogen and oxygen atoms in total. The minimum Gasteiger partial charge on any atom is -0.458 e. The number of hydrogen-bond donors (Lipinski definition) is 1. The number of hydrogen-bond acceptors (Lipinski definition) is 3. The molecule has 1 N–H and O–H groups in total. The molecule has 0 spiro atoms. The van der Waals surface area contributed by atoms with Gasteiger partial charge in [0.1, 0.15) is 6.10 Å². The van der Waals surface area contributed by atoms with E-state index in [0.29, 0.717) is 11.8 Å². The molecule has 0 aromatic heterocycles. The van der Waals surface area contributed by atoms with Crippen molar-refractivity contribution in [2.45, 2.75) is 25.6 Å². The molecule has 3 aliphatic carbocycles. The molecule has 3 heteroatoms. The van der Waals surface area contributed by atoms with Crippen molar-refractivity contribution in [3.63, 3.8) is 0 Å². The molecule has 0 heterocycles. The van der Waals surface area contributed by atoms with Gasteiger partial charge in [-0.25, -0.2) is 0 Å². The third-order valence-electron chi connectivity index (χ3n) is 4.16. The summed E-state index contributed by atoms with van der Waals surface area (Å²) in [6, 6.07) is 0. The van der Waals surface area contributed by atoms with Gasteiger partial charge in [0.05, 0.1) is 6.10 Å². The van der Waals surface area contributed by atoms with Crippen LogP contribution in [0.3, 0.4) is 0 Å². The summed E-state index contributed by atoms with van der Waals surface area (Å²) in [6.45, 7) is 1.44. The summed E-state index contributed by atoms with van der Waals surface area (Å²) in [4.78, 5) is 11.1. The second kappa shape index (κ2) is 3.45. The quantitative estimate of drug-likeness (QED) is 0.535. The van der Waals surface area contributed by atoms with Gasteiger partial charge >= 0.3 is 5.97 Å². The first-order chi connectivity index (χ1) is 7.66. The lowest BCUT2D eigenvalue weighted by atomic mass is 9.73. The normalized spacial score (nSPS) is 48.1. The average molecular weight is 220 g/mol. The third kappa shape index (κ3) is 1.34. The first-order valence-electron chi connectivity index (χ1n) is 5.89. The molecule has 86 valence electrons. The highest BCUT2D eigenvalue weighted by Crippen LogP contribution is 2.53. The van der Waals surface area contributed by atoms with Crippen LogP contribution < -0.4 is 0 Å². The van der Waals surface area contributed by atoms with Crippen LogP contribution in [0.4, 0.5) is 0 Å². The third-order valence-corrected chi connectivity index (χ3v) is 4.16. The molecule has 0 saturated heterocycles. The van der Waals surface area contributed by atoms with Crippen molar-refractivity contribution in [2.24, 2.45) is 23.7 Å². The van der Waals surface area contributed by atoms with E-state index in [1.54, 1.807) is 6.08 Å². The largest absolute Gasteiger partial charge is 0.458 e. The summed E-state index contributed by atoms with van der Waals surface area (Å²) in [5.41, 5.74) is 0. The topological polar surface area (TPSA) is 46.5 Å². The number of ether oxygens (including phenoxy) is 1. The minimum absolute atomic E-state index is 0.147. The summed E-state index contributed by atoms with van der Waals surface area (Å²) in [7, 11) is 0. The Kier molecular flexibility index (Phi) is 2.18.